The van der Waals surface area contributed by atoms with Gasteiger partial charge in [-0.3, -0.25) is 0 Å². The van der Waals surface area contributed by atoms with Crippen molar-refractivity contribution in [2.75, 3.05) is 7.11 Å². The number of nitriles is 1. The van der Waals surface area contributed by atoms with Gasteiger partial charge < -0.3 is 4.74 Å². The van der Waals surface area contributed by atoms with Gasteiger partial charge in [0.15, 0.2) is 0 Å². The van der Waals surface area contributed by atoms with Crippen LogP contribution in [0.3, 0.4) is 0 Å². The smallest absolute Gasteiger partial charge is 0.337 e. The fourth-order valence-electron chi connectivity index (χ4n) is 1.86. The van der Waals surface area contributed by atoms with Crippen molar-refractivity contribution in [3.8, 4) is 17.2 Å². The number of hydrogen-bond donors (Lipinski definition) is 0. The third-order valence-corrected chi connectivity index (χ3v) is 2.92. The molecule has 0 atom stereocenters. The number of benzene rings is 2. The zero-order chi connectivity index (χ0) is 13.8. The Bertz CT molecular complexity index is 651. The van der Waals surface area contributed by atoms with E-state index in [9.17, 15) is 4.79 Å². The maximum absolute atomic E-state index is 11.5. The molecule has 0 heterocycles. The highest BCUT2D eigenvalue weighted by molar-refractivity contribution is 5.91. The molecule has 2 rings (SSSR count). The first-order chi connectivity index (χ1) is 9.15. The lowest BCUT2D eigenvalue weighted by Gasteiger charge is -2.07. The highest BCUT2D eigenvalue weighted by Crippen LogP contribution is 2.25. The van der Waals surface area contributed by atoms with Crippen molar-refractivity contribution in [3.63, 3.8) is 0 Å². The Morgan fingerprint density at radius 1 is 1.16 bits per heavy atom. The zero-order valence-electron chi connectivity index (χ0n) is 10.8. The molecular formula is C16H13NO2. The topological polar surface area (TPSA) is 50.1 Å². The van der Waals surface area contributed by atoms with E-state index in [1.54, 1.807) is 18.2 Å². The summed E-state index contributed by atoms with van der Waals surface area (Å²) in [5.74, 6) is -0.405. The van der Waals surface area contributed by atoms with Gasteiger partial charge >= 0.3 is 5.97 Å². The van der Waals surface area contributed by atoms with Crippen molar-refractivity contribution in [1.29, 1.82) is 5.26 Å². The van der Waals surface area contributed by atoms with Gasteiger partial charge in [0.05, 0.1) is 24.3 Å². The van der Waals surface area contributed by atoms with Crippen molar-refractivity contribution in [2.24, 2.45) is 0 Å². The number of esters is 1. The van der Waals surface area contributed by atoms with E-state index in [0.717, 1.165) is 16.7 Å². The van der Waals surface area contributed by atoms with Gasteiger partial charge in [0.2, 0.25) is 0 Å². The highest BCUT2D eigenvalue weighted by Gasteiger charge is 2.11. The molecule has 0 radical (unpaired) electrons. The third kappa shape index (κ3) is 2.63. The molecule has 0 fully saturated rings. The normalized spacial score (nSPS) is 9.74. The summed E-state index contributed by atoms with van der Waals surface area (Å²) in [6, 6.07) is 14.9. The Labute approximate surface area is 112 Å². The molecule has 3 heteroatoms. The molecule has 0 aliphatic carbocycles. The fourth-order valence-corrected chi connectivity index (χ4v) is 1.86. The molecule has 2 aromatic rings. The Morgan fingerprint density at radius 2 is 1.84 bits per heavy atom. The molecule has 3 nitrogen and oxygen atoms in total. The minimum absolute atomic E-state index is 0.405. The van der Waals surface area contributed by atoms with Crippen LogP contribution in [-0.2, 0) is 4.74 Å². The molecule has 0 unspecified atom stereocenters. The minimum Gasteiger partial charge on any atom is -0.465 e. The van der Waals surface area contributed by atoms with Gasteiger partial charge in [-0.05, 0) is 30.7 Å². The summed E-state index contributed by atoms with van der Waals surface area (Å²) in [6.07, 6.45) is 0. The number of carbonyl (C=O) groups is 1. The maximum atomic E-state index is 11.5. The van der Waals surface area contributed by atoms with Crippen LogP contribution >= 0.6 is 0 Å². The van der Waals surface area contributed by atoms with Gasteiger partial charge in [0, 0.05) is 5.56 Å². The van der Waals surface area contributed by atoms with Gasteiger partial charge in [-0.2, -0.15) is 5.26 Å². The van der Waals surface area contributed by atoms with Gasteiger partial charge in [-0.1, -0.05) is 29.8 Å². The van der Waals surface area contributed by atoms with Crippen LogP contribution < -0.4 is 0 Å². The second-order valence-corrected chi connectivity index (χ2v) is 4.23. The summed E-state index contributed by atoms with van der Waals surface area (Å²) in [6.45, 7) is 2.00. The van der Waals surface area contributed by atoms with E-state index in [1.165, 1.54) is 7.11 Å². The molecule has 94 valence electrons. The summed E-state index contributed by atoms with van der Waals surface area (Å²) in [5.41, 5.74) is 3.78. The molecule has 0 amide bonds. The van der Waals surface area contributed by atoms with E-state index in [-0.39, 0.29) is 0 Å². The van der Waals surface area contributed by atoms with Crippen molar-refractivity contribution in [3.05, 3.63) is 59.2 Å². The number of carbonyl (C=O) groups excluding carboxylic acids is 1. The Kier molecular flexibility index (Phi) is 3.63. The number of aryl methyl sites for hydroxylation is 1. The predicted molar refractivity (Wildman–Crippen MR) is 72.7 cm³/mol. The van der Waals surface area contributed by atoms with Crippen LogP contribution in [0, 0.1) is 18.3 Å². The zero-order valence-corrected chi connectivity index (χ0v) is 10.8. The first-order valence-electron chi connectivity index (χ1n) is 5.85. The maximum Gasteiger partial charge on any atom is 0.337 e. The molecule has 19 heavy (non-hydrogen) atoms. The first-order valence-corrected chi connectivity index (χ1v) is 5.85. The Balaban J connectivity index is 2.57. The van der Waals surface area contributed by atoms with Gasteiger partial charge in [0.25, 0.3) is 0 Å². The van der Waals surface area contributed by atoms with Crippen LogP contribution in [0.15, 0.2) is 42.5 Å². The lowest BCUT2D eigenvalue weighted by Crippen LogP contribution is -2.01. The number of rotatable bonds is 2. The van der Waals surface area contributed by atoms with Crippen LogP contribution in [0.2, 0.25) is 0 Å². The van der Waals surface area contributed by atoms with E-state index >= 15 is 0 Å². The highest BCUT2D eigenvalue weighted by atomic mass is 16.5. The summed E-state index contributed by atoms with van der Waals surface area (Å²) in [5, 5.41) is 9.15. The van der Waals surface area contributed by atoms with Gasteiger partial charge in [0.1, 0.15) is 0 Å². The molecule has 0 saturated carbocycles. The second-order valence-electron chi connectivity index (χ2n) is 4.23. The van der Waals surface area contributed by atoms with E-state index in [4.69, 9.17) is 10.00 Å². The summed E-state index contributed by atoms with van der Waals surface area (Å²) >= 11 is 0. The van der Waals surface area contributed by atoms with E-state index in [2.05, 4.69) is 6.07 Å². The van der Waals surface area contributed by atoms with Crippen molar-refractivity contribution >= 4 is 5.97 Å². The monoisotopic (exact) mass is 251 g/mol. The molecule has 0 saturated heterocycles. The minimum atomic E-state index is -0.405. The molecular weight excluding hydrogens is 238 g/mol. The summed E-state index contributed by atoms with van der Waals surface area (Å²) in [4.78, 5) is 11.5. The largest absolute Gasteiger partial charge is 0.465 e. The van der Waals surface area contributed by atoms with Crippen LogP contribution in [-0.4, -0.2) is 13.1 Å². The average molecular weight is 251 g/mol. The fraction of sp³-hybridized carbons (Fsp3) is 0.125. The second kappa shape index (κ2) is 5.36. The molecule has 0 aliphatic rings. The molecule has 0 aromatic heterocycles. The lowest BCUT2D eigenvalue weighted by atomic mass is 9.97. The number of nitrogens with zero attached hydrogens (tertiary/aromatic N) is 1. The quantitative estimate of drug-likeness (QED) is 0.769. The lowest BCUT2D eigenvalue weighted by molar-refractivity contribution is 0.0601. The standard InChI is InChI=1S/C16H13NO2/c1-11-3-5-12(6-4-11)15-9-13(16(18)19-2)7-8-14(15)10-17/h3-9H,1-2H3. The van der Waals surface area contributed by atoms with Crippen molar-refractivity contribution < 1.29 is 9.53 Å². The Morgan fingerprint density at radius 3 is 2.42 bits per heavy atom. The van der Waals surface area contributed by atoms with Gasteiger partial charge in [-0.25, -0.2) is 4.79 Å². The van der Waals surface area contributed by atoms with Crippen molar-refractivity contribution in [2.45, 2.75) is 6.92 Å². The number of hydrogen-bond acceptors (Lipinski definition) is 3. The van der Waals surface area contributed by atoms with Gasteiger partial charge in [-0.15, -0.1) is 0 Å². The van der Waals surface area contributed by atoms with E-state index in [0.29, 0.717) is 11.1 Å². The Hall–Kier alpha value is -2.60. The number of ether oxygens (including phenoxy) is 1. The van der Waals surface area contributed by atoms with Crippen molar-refractivity contribution in [1.82, 2.24) is 0 Å². The van der Waals surface area contributed by atoms with Crippen LogP contribution in [0.5, 0.6) is 0 Å². The summed E-state index contributed by atoms with van der Waals surface area (Å²) in [7, 11) is 1.34. The van der Waals surface area contributed by atoms with Crippen LogP contribution in [0.1, 0.15) is 21.5 Å². The summed E-state index contributed by atoms with van der Waals surface area (Å²) < 4.78 is 4.70. The molecule has 2 aromatic carbocycles. The molecule has 0 bridgehead atoms. The van der Waals surface area contributed by atoms with Crippen LogP contribution in [0.25, 0.3) is 11.1 Å². The molecule has 0 aliphatic heterocycles. The van der Waals surface area contributed by atoms with Crippen LogP contribution in [0.4, 0.5) is 0 Å². The number of methoxy groups -OCH3 is 1. The molecule has 0 N–H and O–H groups in total. The third-order valence-electron chi connectivity index (χ3n) is 2.92. The van der Waals surface area contributed by atoms with E-state index in [1.807, 2.05) is 31.2 Å². The predicted octanol–water partition coefficient (Wildman–Crippen LogP) is 3.32. The first kappa shape index (κ1) is 12.8. The average Bonchev–Trinajstić information content (AvgIpc) is 2.46. The SMILES string of the molecule is COC(=O)c1ccc(C#N)c(-c2ccc(C)cc2)c1. The van der Waals surface area contributed by atoms with E-state index < -0.39 is 5.97 Å². The molecule has 0 spiro atoms.